The number of methoxy groups -OCH3 is 2. The molecule has 5 rings (SSSR count). The van der Waals surface area contributed by atoms with Gasteiger partial charge >= 0.3 is 6.03 Å². The third kappa shape index (κ3) is 3.91. The molecule has 0 bridgehead atoms. The van der Waals surface area contributed by atoms with E-state index in [1.165, 1.54) is 4.90 Å². The molecule has 1 atom stereocenters. The van der Waals surface area contributed by atoms with E-state index in [1.54, 1.807) is 14.2 Å². The van der Waals surface area contributed by atoms with Crippen LogP contribution in [0.25, 0.3) is 0 Å². The van der Waals surface area contributed by atoms with E-state index in [1.807, 2.05) is 78.9 Å². The number of amides is 3. The van der Waals surface area contributed by atoms with Crippen molar-refractivity contribution < 1.29 is 19.1 Å². The molecule has 0 unspecified atom stereocenters. The number of nitrogens with one attached hydrogen (secondary N) is 1. The minimum Gasteiger partial charge on any atom is -0.497 e. The molecule has 1 N–H and O–H groups in total. The van der Waals surface area contributed by atoms with Crippen LogP contribution in [0, 0.1) is 0 Å². The molecule has 2 heterocycles. The number of rotatable bonds is 7. The monoisotopic (exact) mass is 471 g/mol. The molecule has 2 aliphatic heterocycles. The van der Waals surface area contributed by atoms with Crippen LogP contribution in [0.1, 0.15) is 35.6 Å². The van der Waals surface area contributed by atoms with Gasteiger partial charge in [0.05, 0.1) is 20.9 Å². The highest BCUT2D eigenvalue weighted by Crippen LogP contribution is 2.41. The molecular weight excluding hydrogens is 442 g/mol. The molecule has 2 saturated heterocycles. The highest BCUT2D eigenvalue weighted by atomic mass is 16.5. The molecule has 180 valence electrons. The summed E-state index contributed by atoms with van der Waals surface area (Å²) in [6, 6.07) is 24.2. The Bertz CT molecular complexity index is 1180. The molecule has 0 aromatic heterocycles. The number of hydrogen-bond acceptors (Lipinski definition) is 5. The lowest BCUT2D eigenvalue weighted by atomic mass is 9.83. The molecule has 0 radical (unpaired) electrons. The third-order valence-corrected chi connectivity index (χ3v) is 7.00. The smallest absolute Gasteiger partial charge is 0.326 e. The van der Waals surface area contributed by atoms with Gasteiger partial charge in [0.15, 0.2) is 5.54 Å². The molecule has 2 aliphatic rings. The Kier molecular flexibility index (Phi) is 6.17. The number of benzene rings is 3. The Morgan fingerprint density at radius 3 is 2.17 bits per heavy atom. The van der Waals surface area contributed by atoms with E-state index in [4.69, 9.17) is 9.47 Å². The van der Waals surface area contributed by atoms with Crippen molar-refractivity contribution in [2.24, 2.45) is 0 Å². The molecule has 0 spiro atoms. The van der Waals surface area contributed by atoms with Gasteiger partial charge in [0.25, 0.3) is 5.91 Å². The molecular formula is C28H29N3O4. The summed E-state index contributed by atoms with van der Waals surface area (Å²) in [4.78, 5) is 30.9. The van der Waals surface area contributed by atoms with E-state index in [9.17, 15) is 9.59 Å². The van der Waals surface area contributed by atoms with Crippen molar-refractivity contribution in [2.45, 2.75) is 24.4 Å². The standard InChI is InChI=1S/C28H29N3O4/c1-34-22-15-16-25(35-2)23(18-22)24-14-9-17-30(24)19-31-26(32)28(29-27(31)33,20-10-5-3-6-11-20)21-12-7-4-8-13-21/h3-8,10-13,15-16,18,24H,9,14,17,19H2,1-2H3,(H,29,33)/t24-/m0/s1. The number of ether oxygens (including phenoxy) is 2. The maximum atomic E-state index is 14.1. The Hall–Kier alpha value is -3.84. The van der Waals surface area contributed by atoms with Gasteiger partial charge in [-0.15, -0.1) is 0 Å². The van der Waals surface area contributed by atoms with E-state index < -0.39 is 11.6 Å². The zero-order valence-electron chi connectivity index (χ0n) is 19.9. The second-order valence-corrected chi connectivity index (χ2v) is 8.87. The predicted molar refractivity (Wildman–Crippen MR) is 132 cm³/mol. The number of imide groups is 1. The molecule has 3 aromatic rings. The minimum absolute atomic E-state index is 0.00380. The second kappa shape index (κ2) is 9.43. The fraction of sp³-hybridized carbons (Fsp3) is 0.286. The van der Waals surface area contributed by atoms with Crippen LogP contribution in [0.5, 0.6) is 11.5 Å². The molecule has 0 saturated carbocycles. The SMILES string of the molecule is COc1ccc(OC)c([C@@H]2CCCN2CN2C(=O)NC(c3ccccc3)(c3ccccc3)C2=O)c1. The van der Waals surface area contributed by atoms with Crippen LogP contribution < -0.4 is 14.8 Å². The van der Waals surface area contributed by atoms with Crippen LogP contribution in [0.15, 0.2) is 78.9 Å². The van der Waals surface area contributed by atoms with Gasteiger partial charge < -0.3 is 14.8 Å². The number of likely N-dealkylation sites (tertiary alicyclic amines) is 1. The first-order valence-electron chi connectivity index (χ1n) is 11.8. The Morgan fingerprint density at radius 2 is 1.57 bits per heavy atom. The zero-order chi connectivity index (χ0) is 24.4. The Balaban J connectivity index is 1.49. The number of hydrogen-bond donors (Lipinski definition) is 1. The van der Waals surface area contributed by atoms with Gasteiger partial charge in [-0.3, -0.25) is 9.69 Å². The van der Waals surface area contributed by atoms with Crippen LogP contribution in [-0.4, -0.2) is 49.2 Å². The maximum absolute atomic E-state index is 14.1. The average molecular weight is 472 g/mol. The molecule has 2 fully saturated rings. The van der Waals surface area contributed by atoms with Crippen LogP contribution >= 0.6 is 0 Å². The third-order valence-electron chi connectivity index (χ3n) is 7.00. The van der Waals surface area contributed by atoms with E-state index in [0.717, 1.165) is 47.6 Å². The van der Waals surface area contributed by atoms with Gasteiger partial charge in [-0.1, -0.05) is 60.7 Å². The van der Waals surface area contributed by atoms with E-state index in [0.29, 0.717) is 0 Å². The van der Waals surface area contributed by atoms with Crippen molar-refractivity contribution in [3.05, 3.63) is 95.6 Å². The minimum atomic E-state index is -1.26. The summed E-state index contributed by atoms with van der Waals surface area (Å²) in [7, 11) is 3.29. The largest absolute Gasteiger partial charge is 0.497 e. The number of nitrogens with zero attached hydrogens (tertiary/aromatic N) is 2. The fourth-order valence-corrected chi connectivity index (χ4v) is 5.27. The van der Waals surface area contributed by atoms with Crippen LogP contribution in [0.2, 0.25) is 0 Å². The highest BCUT2D eigenvalue weighted by molar-refractivity contribution is 6.09. The van der Waals surface area contributed by atoms with Crippen molar-refractivity contribution in [3.8, 4) is 11.5 Å². The summed E-state index contributed by atoms with van der Waals surface area (Å²) < 4.78 is 11.1. The predicted octanol–water partition coefficient (Wildman–Crippen LogP) is 4.29. The summed E-state index contributed by atoms with van der Waals surface area (Å²) in [5.74, 6) is 1.24. The fourth-order valence-electron chi connectivity index (χ4n) is 5.27. The quantitative estimate of drug-likeness (QED) is 0.521. The topological polar surface area (TPSA) is 71.1 Å². The summed E-state index contributed by atoms with van der Waals surface area (Å²) in [5, 5.41) is 3.04. The van der Waals surface area contributed by atoms with E-state index in [2.05, 4.69) is 10.2 Å². The second-order valence-electron chi connectivity index (χ2n) is 8.87. The first-order chi connectivity index (χ1) is 17.1. The van der Waals surface area contributed by atoms with E-state index >= 15 is 0 Å². The van der Waals surface area contributed by atoms with Crippen LogP contribution in [-0.2, 0) is 10.3 Å². The van der Waals surface area contributed by atoms with Gasteiger partial charge in [-0.05, 0) is 42.2 Å². The lowest BCUT2D eigenvalue weighted by Gasteiger charge is -2.31. The number of carbonyl (C=O) groups is 2. The summed E-state index contributed by atoms with van der Waals surface area (Å²) >= 11 is 0. The lowest BCUT2D eigenvalue weighted by Crippen LogP contribution is -2.46. The normalized spacial score (nSPS) is 19.6. The summed E-state index contributed by atoms with van der Waals surface area (Å²) in [6.07, 6.45) is 1.85. The van der Waals surface area contributed by atoms with Crippen molar-refractivity contribution in [1.29, 1.82) is 0 Å². The van der Waals surface area contributed by atoms with Gasteiger partial charge in [0.1, 0.15) is 11.5 Å². The molecule has 3 amide bonds. The number of carbonyl (C=O) groups excluding carboxylic acids is 2. The van der Waals surface area contributed by atoms with Gasteiger partial charge in [-0.2, -0.15) is 0 Å². The van der Waals surface area contributed by atoms with Crippen LogP contribution in [0.3, 0.4) is 0 Å². The molecule has 7 heteroatoms. The number of urea groups is 1. The van der Waals surface area contributed by atoms with Crippen molar-refractivity contribution >= 4 is 11.9 Å². The van der Waals surface area contributed by atoms with Crippen molar-refractivity contribution in [1.82, 2.24) is 15.1 Å². The summed E-state index contributed by atoms with van der Waals surface area (Å²) in [5.41, 5.74) is 1.20. The van der Waals surface area contributed by atoms with E-state index in [-0.39, 0.29) is 18.6 Å². The maximum Gasteiger partial charge on any atom is 0.326 e. The van der Waals surface area contributed by atoms with Gasteiger partial charge in [0, 0.05) is 18.2 Å². The van der Waals surface area contributed by atoms with Crippen molar-refractivity contribution in [2.75, 3.05) is 27.4 Å². The first kappa shape index (κ1) is 22.9. The molecule has 7 nitrogen and oxygen atoms in total. The first-order valence-corrected chi connectivity index (χ1v) is 11.8. The molecule has 0 aliphatic carbocycles. The van der Waals surface area contributed by atoms with Crippen LogP contribution in [0.4, 0.5) is 4.79 Å². The summed E-state index contributed by atoms with van der Waals surface area (Å²) in [6.45, 7) is 0.961. The Labute approximate surface area is 205 Å². The van der Waals surface area contributed by atoms with Gasteiger partial charge in [-0.25, -0.2) is 9.69 Å². The molecule has 35 heavy (non-hydrogen) atoms. The highest BCUT2D eigenvalue weighted by Gasteiger charge is 2.54. The van der Waals surface area contributed by atoms with Crippen molar-refractivity contribution in [3.63, 3.8) is 0 Å². The van der Waals surface area contributed by atoms with Gasteiger partial charge in [0.2, 0.25) is 0 Å². The lowest BCUT2D eigenvalue weighted by molar-refractivity contribution is -0.131. The average Bonchev–Trinajstić information content (AvgIpc) is 3.48. The zero-order valence-corrected chi connectivity index (χ0v) is 19.9. The molecule has 3 aromatic carbocycles. The Morgan fingerprint density at radius 1 is 0.914 bits per heavy atom.